The summed E-state index contributed by atoms with van der Waals surface area (Å²) < 4.78 is 13.9. The lowest BCUT2D eigenvalue weighted by molar-refractivity contribution is -0.131. The molecule has 0 saturated carbocycles. The van der Waals surface area contributed by atoms with Gasteiger partial charge in [-0.15, -0.1) is 0 Å². The van der Waals surface area contributed by atoms with Crippen LogP contribution in [0.5, 0.6) is 0 Å². The molecule has 0 aliphatic heterocycles. The molecule has 1 aromatic carbocycles. The second kappa shape index (κ2) is 6.92. The SMILES string of the molecule is CC(C)CCN(C)c1ccc(C=CC(=O)O)cc1F. The molecule has 0 bridgehead atoms. The van der Waals surface area contributed by atoms with Crippen LogP contribution in [-0.4, -0.2) is 24.7 Å². The van der Waals surface area contributed by atoms with Crippen LogP contribution < -0.4 is 4.90 Å². The minimum atomic E-state index is -1.04. The van der Waals surface area contributed by atoms with Crippen molar-refractivity contribution in [3.8, 4) is 0 Å². The normalized spacial score (nSPS) is 11.2. The van der Waals surface area contributed by atoms with Crippen molar-refractivity contribution in [1.82, 2.24) is 0 Å². The Morgan fingerprint density at radius 2 is 2.16 bits per heavy atom. The highest BCUT2D eigenvalue weighted by atomic mass is 19.1. The molecule has 0 unspecified atom stereocenters. The number of hydrogen-bond acceptors (Lipinski definition) is 2. The zero-order chi connectivity index (χ0) is 14.4. The Bertz CT molecular complexity index is 469. The maximum absolute atomic E-state index is 13.9. The van der Waals surface area contributed by atoms with Crippen molar-refractivity contribution in [3.05, 3.63) is 35.7 Å². The average Bonchev–Trinajstić information content (AvgIpc) is 2.33. The van der Waals surface area contributed by atoms with Crippen molar-refractivity contribution in [1.29, 1.82) is 0 Å². The number of aliphatic carboxylic acids is 1. The first-order valence-corrected chi connectivity index (χ1v) is 6.32. The summed E-state index contributed by atoms with van der Waals surface area (Å²) in [6, 6.07) is 4.74. The van der Waals surface area contributed by atoms with E-state index in [9.17, 15) is 9.18 Å². The predicted octanol–water partition coefficient (Wildman–Crippen LogP) is 3.41. The highest BCUT2D eigenvalue weighted by Gasteiger charge is 2.08. The topological polar surface area (TPSA) is 40.5 Å². The molecule has 0 fully saturated rings. The summed E-state index contributed by atoms with van der Waals surface area (Å²) in [6.07, 6.45) is 3.37. The first-order valence-electron chi connectivity index (χ1n) is 6.32. The van der Waals surface area contributed by atoms with Crippen molar-refractivity contribution in [2.75, 3.05) is 18.5 Å². The lowest BCUT2D eigenvalue weighted by Crippen LogP contribution is -2.20. The first kappa shape index (κ1) is 15.2. The van der Waals surface area contributed by atoms with Gasteiger partial charge in [0, 0.05) is 19.7 Å². The van der Waals surface area contributed by atoms with Gasteiger partial charge in [0.15, 0.2) is 0 Å². The third kappa shape index (κ3) is 5.12. The van der Waals surface area contributed by atoms with Crippen molar-refractivity contribution >= 4 is 17.7 Å². The molecule has 19 heavy (non-hydrogen) atoms. The molecule has 1 N–H and O–H groups in total. The summed E-state index contributed by atoms with van der Waals surface area (Å²) in [7, 11) is 1.85. The van der Waals surface area contributed by atoms with Crippen LogP contribution in [0.15, 0.2) is 24.3 Å². The van der Waals surface area contributed by atoms with E-state index in [-0.39, 0.29) is 5.82 Å². The number of carbonyl (C=O) groups is 1. The van der Waals surface area contributed by atoms with E-state index in [4.69, 9.17) is 5.11 Å². The van der Waals surface area contributed by atoms with Gasteiger partial charge >= 0.3 is 5.97 Å². The van der Waals surface area contributed by atoms with Gasteiger partial charge in [0.25, 0.3) is 0 Å². The zero-order valence-corrected chi connectivity index (χ0v) is 11.6. The molecule has 1 rings (SSSR count). The average molecular weight is 265 g/mol. The standard InChI is InChI=1S/C15H20FNO2/c1-11(2)8-9-17(3)14-6-4-12(10-13(14)16)5-7-15(18)19/h4-7,10-11H,8-9H2,1-3H3,(H,18,19). The van der Waals surface area contributed by atoms with Crippen LogP contribution in [0.3, 0.4) is 0 Å². The van der Waals surface area contributed by atoms with Crippen molar-refractivity contribution in [3.63, 3.8) is 0 Å². The minimum Gasteiger partial charge on any atom is -0.478 e. The Kier molecular flexibility index (Phi) is 5.55. The maximum atomic E-state index is 13.9. The molecule has 1 aromatic rings. The lowest BCUT2D eigenvalue weighted by Gasteiger charge is -2.21. The molecule has 0 spiro atoms. The van der Waals surface area contributed by atoms with Gasteiger partial charge in [-0.25, -0.2) is 9.18 Å². The zero-order valence-electron chi connectivity index (χ0n) is 11.6. The number of nitrogens with zero attached hydrogens (tertiary/aromatic N) is 1. The highest BCUT2D eigenvalue weighted by Crippen LogP contribution is 2.21. The Morgan fingerprint density at radius 3 is 2.68 bits per heavy atom. The molecule has 0 radical (unpaired) electrons. The van der Waals surface area contributed by atoms with E-state index in [2.05, 4.69) is 13.8 Å². The predicted molar refractivity (Wildman–Crippen MR) is 75.8 cm³/mol. The Labute approximate surface area is 113 Å². The van der Waals surface area contributed by atoms with Crippen LogP contribution in [0.25, 0.3) is 6.08 Å². The smallest absolute Gasteiger partial charge is 0.328 e. The third-order valence-electron chi connectivity index (χ3n) is 2.84. The van der Waals surface area contributed by atoms with Crippen LogP contribution in [0.1, 0.15) is 25.8 Å². The third-order valence-corrected chi connectivity index (χ3v) is 2.84. The van der Waals surface area contributed by atoms with Crippen molar-refractivity contribution in [2.24, 2.45) is 5.92 Å². The summed E-state index contributed by atoms with van der Waals surface area (Å²) in [5, 5.41) is 8.52. The molecule has 0 aliphatic rings. The van der Waals surface area contributed by atoms with E-state index >= 15 is 0 Å². The summed E-state index contributed by atoms with van der Waals surface area (Å²) in [5.41, 5.74) is 1.08. The second-order valence-electron chi connectivity index (χ2n) is 4.99. The number of anilines is 1. The molecule has 0 aliphatic carbocycles. The molecule has 0 atom stereocenters. The van der Waals surface area contributed by atoms with Crippen LogP contribution in [0, 0.1) is 11.7 Å². The van der Waals surface area contributed by atoms with Gasteiger partial charge in [-0.2, -0.15) is 0 Å². The highest BCUT2D eigenvalue weighted by molar-refractivity contribution is 5.85. The van der Waals surface area contributed by atoms with E-state index in [1.54, 1.807) is 12.1 Å². The molecule has 104 valence electrons. The van der Waals surface area contributed by atoms with Crippen molar-refractivity contribution < 1.29 is 14.3 Å². The van der Waals surface area contributed by atoms with Gasteiger partial charge < -0.3 is 10.0 Å². The molecular formula is C15H20FNO2. The van der Waals surface area contributed by atoms with Gasteiger partial charge in [-0.3, -0.25) is 0 Å². The van der Waals surface area contributed by atoms with Crippen LogP contribution in [0.4, 0.5) is 10.1 Å². The van der Waals surface area contributed by atoms with Gasteiger partial charge in [-0.05, 0) is 36.1 Å². The molecule has 0 heterocycles. The number of halogens is 1. The Balaban J connectivity index is 2.79. The number of carboxylic acid groups (broad SMARTS) is 1. The maximum Gasteiger partial charge on any atom is 0.328 e. The van der Waals surface area contributed by atoms with E-state index in [0.717, 1.165) is 19.0 Å². The van der Waals surface area contributed by atoms with Crippen molar-refractivity contribution in [2.45, 2.75) is 20.3 Å². The minimum absolute atomic E-state index is 0.334. The number of benzene rings is 1. The molecular weight excluding hydrogens is 245 g/mol. The quantitative estimate of drug-likeness (QED) is 0.801. The van der Waals surface area contributed by atoms with Gasteiger partial charge in [0.1, 0.15) is 5.82 Å². The van der Waals surface area contributed by atoms with Crippen LogP contribution in [-0.2, 0) is 4.79 Å². The Hall–Kier alpha value is -1.84. The number of carboxylic acids is 1. The monoisotopic (exact) mass is 265 g/mol. The fourth-order valence-electron chi connectivity index (χ4n) is 1.68. The molecule has 0 aromatic heterocycles. The van der Waals surface area contributed by atoms with Crippen LogP contribution in [0.2, 0.25) is 0 Å². The van der Waals surface area contributed by atoms with Gasteiger partial charge in [0.05, 0.1) is 5.69 Å². The van der Waals surface area contributed by atoms with E-state index < -0.39 is 5.97 Å². The fourth-order valence-corrected chi connectivity index (χ4v) is 1.68. The summed E-state index contributed by atoms with van der Waals surface area (Å²) in [4.78, 5) is 12.3. The fraction of sp³-hybridized carbons (Fsp3) is 0.400. The molecule has 3 nitrogen and oxygen atoms in total. The molecule has 0 saturated heterocycles. The van der Waals surface area contributed by atoms with E-state index in [1.165, 1.54) is 12.1 Å². The summed E-state index contributed by atoms with van der Waals surface area (Å²) >= 11 is 0. The Morgan fingerprint density at radius 1 is 1.47 bits per heavy atom. The summed E-state index contributed by atoms with van der Waals surface area (Å²) in [5.74, 6) is -0.805. The van der Waals surface area contributed by atoms with Gasteiger partial charge in [0.2, 0.25) is 0 Å². The lowest BCUT2D eigenvalue weighted by atomic mass is 10.1. The molecule has 4 heteroatoms. The number of hydrogen-bond donors (Lipinski definition) is 1. The second-order valence-corrected chi connectivity index (χ2v) is 4.99. The van der Waals surface area contributed by atoms with Gasteiger partial charge in [-0.1, -0.05) is 19.9 Å². The van der Waals surface area contributed by atoms with Crippen LogP contribution >= 0.6 is 0 Å². The summed E-state index contributed by atoms with van der Waals surface area (Å²) in [6.45, 7) is 5.05. The largest absolute Gasteiger partial charge is 0.478 e. The number of rotatable bonds is 6. The van der Waals surface area contributed by atoms with E-state index in [1.807, 2.05) is 11.9 Å². The van der Waals surface area contributed by atoms with E-state index in [0.29, 0.717) is 17.2 Å². The molecule has 0 amide bonds. The first-order chi connectivity index (χ1) is 8.90.